The van der Waals surface area contributed by atoms with E-state index in [1.807, 2.05) is 25.1 Å². The second-order valence-corrected chi connectivity index (χ2v) is 8.65. The van der Waals surface area contributed by atoms with Crippen molar-refractivity contribution in [1.29, 1.82) is 5.26 Å². The zero-order valence-corrected chi connectivity index (χ0v) is 20.5. The molecule has 0 saturated heterocycles. The van der Waals surface area contributed by atoms with E-state index in [-0.39, 0.29) is 28.0 Å². The highest BCUT2D eigenvalue weighted by Gasteiger charge is 2.13. The molecule has 0 spiro atoms. The van der Waals surface area contributed by atoms with Crippen molar-refractivity contribution in [3.63, 3.8) is 0 Å². The van der Waals surface area contributed by atoms with Crippen molar-refractivity contribution < 1.29 is 9.53 Å². The molecular weight excluding hydrogens is 502 g/mol. The number of carbonyl (C=O) groups excluding carboxylic acids is 1. The molecule has 0 bridgehead atoms. The van der Waals surface area contributed by atoms with Crippen molar-refractivity contribution in [1.82, 2.24) is 0 Å². The Morgan fingerprint density at radius 3 is 2.15 bits per heavy atom. The van der Waals surface area contributed by atoms with Gasteiger partial charge in [0.1, 0.15) is 18.2 Å². The van der Waals surface area contributed by atoms with E-state index in [1.165, 1.54) is 6.08 Å². The van der Waals surface area contributed by atoms with Crippen molar-refractivity contribution in [2.75, 3.05) is 5.32 Å². The Morgan fingerprint density at radius 2 is 1.58 bits per heavy atom. The van der Waals surface area contributed by atoms with Crippen molar-refractivity contribution >= 4 is 64.1 Å². The molecule has 0 radical (unpaired) electrons. The molecule has 8 heteroatoms. The summed E-state index contributed by atoms with van der Waals surface area (Å²) < 4.78 is 5.75. The molecule has 0 aliphatic heterocycles. The molecule has 3 rings (SSSR count). The predicted molar refractivity (Wildman–Crippen MR) is 135 cm³/mol. The minimum absolute atomic E-state index is 0.0915. The quantitative estimate of drug-likeness (QED) is 0.254. The first-order chi connectivity index (χ1) is 15.8. The van der Waals surface area contributed by atoms with Gasteiger partial charge in [-0.15, -0.1) is 0 Å². The monoisotopic (exact) mass is 518 g/mol. The van der Waals surface area contributed by atoms with E-state index < -0.39 is 5.91 Å². The number of ether oxygens (including phenoxy) is 1. The largest absolute Gasteiger partial charge is 0.486 e. The molecular formula is C25H18Cl4N2O2. The Labute approximate surface area is 212 Å². The number of carbonyl (C=O) groups is 1. The van der Waals surface area contributed by atoms with Gasteiger partial charge in [0, 0.05) is 5.69 Å². The summed E-state index contributed by atoms with van der Waals surface area (Å²) in [5.74, 6) is -0.255. The third kappa shape index (κ3) is 6.66. The van der Waals surface area contributed by atoms with Gasteiger partial charge in [0.2, 0.25) is 0 Å². The number of nitrogens with one attached hydrogen (secondary N) is 1. The molecule has 168 valence electrons. The SMILES string of the molecule is CCc1ccc(NC(=O)/C(C#N)=C/c2cc(Cl)c(OCc3ccc(Cl)c(Cl)c3)c(Cl)c2)cc1. The first-order valence-electron chi connectivity index (χ1n) is 9.88. The smallest absolute Gasteiger partial charge is 0.266 e. The lowest BCUT2D eigenvalue weighted by atomic mass is 10.1. The maximum Gasteiger partial charge on any atom is 0.266 e. The molecule has 0 unspecified atom stereocenters. The van der Waals surface area contributed by atoms with Crippen LogP contribution in [0.3, 0.4) is 0 Å². The van der Waals surface area contributed by atoms with Crippen LogP contribution in [0.4, 0.5) is 5.69 Å². The van der Waals surface area contributed by atoms with Crippen molar-refractivity contribution in [2.45, 2.75) is 20.0 Å². The van der Waals surface area contributed by atoms with E-state index >= 15 is 0 Å². The molecule has 4 nitrogen and oxygen atoms in total. The summed E-state index contributed by atoms with van der Waals surface area (Å²) >= 11 is 24.7. The van der Waals surface area contributed by atoms with Crippen LogP contribution in [0.2, 0.25) is 20.1 Å². The van der Waals surface area contributed by atoms with Crippen LogP contribution in [0.1, 0.15) is 23.6 Å². The van der Waals surface area contributed by atoms with Gasteiger partial charge >= 0.3 is 0 Å². The van der Waals surface area contributed by atoms with Crippen LogP contribution in [0.15, 0.2) is 60.2 Å². The fourth-order valence-corrected chi connectivity index (χ4v) is 3.86. The minimum atomic E-state index is -0.533. The first-order valence-corrected chi connectivity index (χ1v) is 11.4. The molecule has 0 saturated carbocycles. The Kier molecular flexibility index (Phi) is 8.66. The number of nitriles is 1. The average molecular weight is 520 g/mol. The van der Waals surface area contributed by atoms with Crippen molar-refractivity contribution in [3.05, 3.63) is 97.0 Å². The molecule has 3 aromatic rings. The van der Waals surface area contributed by atoms with E-state index in [0.29, 0.717) is 21.3 Å². The van der Waals surface area contributed by atoms with Gasteiger partial charge in [-0.2, -0.15) is 5.26 Å². The molecule has 0 heterocycles. The van der Waals surface area contributed by atoms with Gasteiger partial charge in [0.25, 0.3) is 5.91 Å². The summed E-state index contributed by atoms with van der Waals surface area (Å²) in [6, 6.07) is 17.6. The van der Waals surface area contributed by atoms with Crippen LogP contribution in [-0.4, -0.2) is 5.91 Å². The number of hydrogen-bond acceptors (Lipinski definition) is 3. The Balaban J connectivity index is 1.75. The first kappa shape index (κ1) is 25.0. The van der Waals surface area contributed by atoms with E-state index in [9.17, 15) is 10.1 Å². The lowest BCUT2D eigenvalue weighted by Crippen LogP contribution is -2.13. The van der Waals surface area contributed by atoms with Crippen LogP contribution in [0, 0.1) is 11.3 Å². The van der Waals surface area contributed by atoms with E-state index in [4.69, 9.17) is 51.1 Å². The van der Waals surface area contributed by atoms with E-state index in [2.05, 4.69) is 5.32 Å². The molecule has 33 heavy (non-hydrogen) atoms. The fourth-order valence-electron chi connectivity index (χ4n) is 2.92. The molecule has 3 aromatic carbocycles. The summed E-state index contributed by atoms with van der Waals surface area (Å²) in [5.41, 5.74) is 2.93. The van der Waals surface area contributed by atoms with Gasteiger partial charge in [-0.05, 0) is 65.6 Å². The predicted octanol–water partition coefficient (Wildman–Crippen LogP) is 7.99. The molecule has 0 aromatic heterocycles. The second-order valence-electron chi connectivity index (χ2n) is 7.03. The van der Waals surface area contributed by atoms with Gasteiger partial charge in [-0.3, -0.25) is 4.79 Å². The van der Waals surface area contributed by atoms with Crippen molar-refractivity contribution in [3.8, 4) is 11.8 Å². The highest BCUT2D eigenvalue weighted by Crippen LogP contribution is 2.36. The number of benzene rings is 3. The van der Waals surface area contributed by atoms with Crippen LogP contribution in [-0.2, 0) is 17.8 Å². The molecule has 1 N–H and O–H groups in total. The number of rotatable bonds is 7. The zero-order chi connectivity index (χ0) is 24.0. The summed E-state index contributed by atoms with van der Waals surface area (Å²) in [6.45, 7) is 2.22. The lowest BCUT2D eigenvalue weighted by Gasteiger charge is -2.12. The number of amides is 1. The van der Waals surface area contributed by atoms with Crippen LogP contribution >= 0.6 is 46.4 Å². The Bertz CT molecular complexity index is 1230. The third-order valence-corrected chi connectivity index (χ3v) is 5.98. The maximum absolute atomic E-state index is 12.5. The standard InChI is InChI=1S/C25H18Cl4N2O2/c1-2-15-3-6-19(7-4-15)31-25(32)18(13-30)9-17-11-22(28)24(23(29)12-17)33-14-16-5-8-20(26)21(27)10-16/h3-12H,2,14H2,1H3,(H,31,32)/b18-9+. The lowest BCUT2D eigenvalue weighted by molar-refractivity contribution is -0.112. The van der Waals surface area contributed by atoms with Gasteiger partial charge in [0.05, 0.1) is 20.1 Å². The van der Waals surface area contributed by atoms with Crippen LogP contribution < -0.4 is 10.1 Å². The minimum Gasteiger partial charge on any atom is -0.486 e. The summed E-state index contributed by atoms with van der Waals surface area (Å²) in [7, 11) is 0. The summed E-state index contributed by atoms with van der Waals surface area (Å²) in [5, 5.41) is 13.5. The zero-order valence-electron chi connectivity index (χ0n) is 17.5. The number of hydrogen-bond donors (Lipinski definition) is 1. The molecule has 0 aliphatic carbocycles. The maximum atomic E-state index is 12.5. The highest BCUT2D eigenvalue weighted by atomic mass is 35.5. The highest BCUT2D eigenvalue weighted by molar-refractivity contribution is 6.42. The summed E-state index contributed by atoms with van der Waals surface area (Å²) in [6.07, 6.45) is 2.31. The number of halogens is 4. The second kappa shape index (κ2) is 11.4. The number of anilines is 1. The van der Waals surface area contributed by atoms with Gasteiger partial charge in [0.15, 0.2) is 5.75 Å². The molecule has 0 fully saturated rings. The number of aryl methyl sites for hydroxylation is 1. The third-order valence-electron chi connectivity index (χ3n) is 4.68. The van der Waals surface area contributed by atoms with Gasteiger partial charge in [-0.1, -0.05) is 71.5 Å². The van der Waals surface area contributed by atoms with Gasteiger partial charge in [-0.25, -0.2) is 0 Å². The normalized spacial score (nSPS) is 11.1. The van der Waals surface area contributed by atoms with E-state index in [1.54, 1.807) is 42.5 Å². The summed E-state index contributed by atoms with van der Waals surface area (Å²) in [4.78, 5) is 12.5. The van der Waals surface area contributed by atoms with Crippen LogP contribution in [0.25, 0.3) is 6.08 Å². The van der Waals surface area contributed by atoms with Crippen LogP contribution in [0.5, 0.6) is 5.75 Å². The molecule has 0 aliphatic rings. The average Bonchev–Trinajstić information content (AvgIpc) is 2.79. The van der Waals surface area contributed by atoms with Crippen molar-refractivity contribution in [2.24, 2.45) is 0 Å². The van der Waals surface area contributed by atoms with E-state index in [0.717, 1.165) is 17.5 Å². The molecule has 1 amide bonds. The number of nitrogens with zero attached hydrogens (tertiary/aromatic N) is 1. The topological polar surface area (TPSA) is 62.1 Å². The van der Waals surface area contributed by atoms with Gasteiger partial charge < -0.3 is 10.1 Å². The fraction of sp³-hybridized carbons (Fsp3) is 0.120. The Hall–Kier alpha value is -2.68. The molecule has 0 atom stereocenters. The Morgan fingerprint density at radius 1 is 0.939 bits per heavy atom.